The fraction of sp³-hybridized carbons (Fsp3) is 0.227. The van der Waals surface area contributed by atoms with Gasteiger partial charge in [0.1, 0.15) is 17.7 Å². The van der Waals surface area contributed by atoms with Crippen molar-refractivity contribution in [2.45, 2.75) is 13.0 Å². The van der Waals surface area contributed by atoms with Gasteiger partial charge in [0.15, 0.2) is 0 Å². The van der Waals surface area contributed by atoms with Gasteiger partial charge < -0.3 is 16.4 Å². The van der Waals surface area contributed by atoms with Crippen LogP contribution in [0.3, 0.4) is 0 Å². The van der Waals surface area contributed by atoms with Crippen molar-refractivity contribution in [2.75, 3.05) is 19.6 Å². The molecule has 28 heavy (non-hydrogen) atoms. The van der Waals surface area contributed by atoms with E-state index in [2.05, 4.69) is 10.6 Å². The van der Waals surface area contributed by atoms with Gasteiger partial charge in [0.25, 0.3) is 5.91 Å². The number of carbonyl (C=O) groups excluding carboxylic acids is 1. The monoisotopic (exact) mass is 373 g/mol. The van der Waals surface area contributed by atoms with Crippen LogP contribution in [0.2, 0.25) is 0 Å². The van der Waals surface area contributed by atoms with Crippen molar-refractivity contribution in [2.24, 2.45) is 5.73 Å². The molecule has 2 aromatic carbocycles. The van der Waals surface area contributed by atoms with E-state index in [1.165, 1.54) is 0 Å². The minimum absolute atomic E-state index is 0.0571. The standard InChI is InChI=1S/C22H23N5O/c23-14-18(15-24)13-20-7-6-17(12-21(20)16-25)8-9-26-10-11-27-22(28)19-4-2-1-3-5-19/h1-7,12-13,26H,8-11,16,25H2,(H,27,28). The van der Waals surface area contributed by atoms with Crippen molar-refractivity contribution >= 4 is 12.0 Å². The Morgan fingerprint density at radius 2 is 1.79 bits per heavy atom. The Morgan fingerprint density at radius 3 is 2.46 bits per heavy atom. The van der Waals surface area contributed by atoms with Gasteiger partial charge >= 0.3 is 0 Å². The minimum Gasteiger partial charge on any atom is -0.351 e. The van der Waals surface area contributed by atoms with Crippen LogP contribution in [-0.2, 0) is 13.0 Å². The van der Waals surface area contributed by atoms with Gasteiger partial charge in [-0.15, -0.1) is 0 Å². The lowest BCUT2D eigenvalue weighted by Crippen LogP contribution is -2.32. The van der Waals surface area contributed by atoms with Crippen LogP contribution in [0.25, 0.3) is 6.08 Å². The van der Waals surface area contributed by atoms with E-state index in [4.69, 9.17) is 16.3 Å². The number of rotatable bonds is 9. The molecule has 0 aliphatic carbocycles. The normalized spacial score (nSPS) is 9.82. The smallest absolute Gasteiger partial charge is 0.251 e. The Kier molecular flexibility index (Phi) is 8.42. The van der Waals surface area contributed by atoms with E-state index in [-0.39, 0.29) is 11.5 Å². The Bertz CT molecular complexity index is 891. The molecule has 0 unspecified atom stereocenters. The van der Waals surface area contributed by atoms with Gasteiger partial charge in [-0.1, -0.05) is 36.4 Å². The van der Waals surface area contributed by atoms with E-state index < -0.39 is 0 Å². The Labute approximate surface area is 165 Å². The molecule has 4 N–H and O–H groups in total. The summed E-state index contributed by atoms with van der Waals surface area (Å²) in [6.07, 6.45) is 2.37. The fourth-order valence-electron chi connectivity index (χ4n) is 2.69. The molecule has 2 aromatic rings. The highest BCUT2D eigenvalue weighted by atomic mass is 16.1. The average molecular weight is 373 g/mol. The third kappa shape index (κ3) is 6.37. The summed E-state index contributed by atoms with van der Waals surface area (Å²) in [5, 5.41) is 23.9. The highest BCUT2D eigenvalue weighted by Gasteiger charge is 2.04. The second-order valence-corrected chi connectivity index (χ2v) is 6.14. The number of hydrogen-bond acceptors (Lipinski definition) is 5. The zero-order chi connectivity index (χ0) is 20.2. The van der Waals surface area contributed by atoms with E-state index in [0.717, 1.165) is 29.7 Å². The number of amides is 1. The van der Waals surface area contributed by atoms with Crippen molar-refractivity contribution in [3.63, 3.8) is 0 Å². The zero-order valence-corrected chi connectivity index (χ0v) is 15.6. The van der Waals surface area contributed by atoms with Crippen molar-refractivity contribution in [3.8, 4) is 12.1 Å². The first kappa shape index (κ1) is 20.9. The topological polar surface area (TPSA) is 115 Å². The molecule has 0 saturated heterocycles. The summed E-state index contributed by atoms with van der Waals surface area (Å²) in [5.41, 5.74) is 9.32. The van der Waals surface area contributed by atoms with E-state index in [1.54, 1.807) is 18.2 Å². The van der Waals surface area contributed by atoms with Crippen LogP contribution in [0.15, 0.2) is 54.1 Å². The van der Waals surface area contributed by atoms with Crippen molar-refractivity contribution < 1.29 is 4.79 Å². The third-order valence-electron chi connectivity index (χ3n) is 4.18. The average Bonchev–Trinajstić information content (AvgIpc) is 2.75. The second-order valence-electron chi connectivity index (χ2n) is 6.14. The number of benzene rings is 2. The molecule has 0 radical (unpaired) electrons. The first-order valence-electron chi connectivity index (χ1n) is 9.05. The van der Waals surface area contributed by atoms with Gasteiger partial charge in [0.05, 0.1) is 0 Å². The molecule has 0 saturated carbocycles. The largest absolute Gasteiger partial charge is 0.351 e. The highest BCUT2D eigenvalue weighted by molar-refractivity contribution is 5.94. The number of nitriles is 2. The van der Waals surface area contributed by atoms with E-state index in [9.17, 15) is 4.79 Å². The van der Waals surface area contributed by atoms with Crippen molar-refractivity contribution in [3.05, 3.63) is 76.4 Å². The first-order valence-corrected chi connectivity index (χ1v) is 9.05. The molecular weight excluding hydrogens is 350 g/mol. The van der Waals surface area contributed by atoms with Gasteiger partial charge in [-0.05, 0) is 47.9 Å². The minimum atomic E-state index is -0.0762. The maximum absolute atomic E-state index is 11.9. The summed E-state index contributed by atoms with van der Waals surface area (Å²) in [6, 6.07) is 18.7. The maximum atomic E-state index is 11.9. The van der Waals surface area contributed by atoms with Crippen LogP contribution in [0.1, 0.15) is 27.0 Å². The summed E-state index contributed by atoms with van der Waals surface area (Å²) in [5.74, 6) is -0.0762. The lowest BCUT2D eigenvalue weighted by atomic mass is 10.0. The third-order valence-corrected chi connectivity index (χ3v) is 4.18. The van der Waals surface area contributed by atoms with Gasteiger partial charge in [-0.25, -0.2) is 0 Å². The molecule has 0 bridgehead atoms. The summed E-state index contributed by atoms with van der Waals surface area (Å²) in [4.78, 5) is 11.9. The maximum Gasteiger partial charge on any atom is 0.251 e. The lowest BCUT2D eigenvalue weighted by molar-refractivity contribution is 0.0954. The van der Waals surface area contributed by atoms with Gasteiger partial charge in [0, 0.05) is 25.2 Å². The molecule has 0 aromatic heterocycles. The predicted octanol–water partition coefficient (Wildman–Crippen LogP) is 2.14. The van der Waals surface area contributed by atoms with Crippen molar-refractivity contribution in [1.29, 1.82) is 10.5 Å². The molecule has 6 heteroatoms. The van der Waals surface area contributed by atoms with Gasteiger partial charge in [-0.2, -0.15) is 10.5 Å². The number of nitrogens with one attached hydrogen (secondary N) is 2. The van der Waals surface area contributed by atoms with Crippen LogP contribution in [0.4, 0.5) is 0 Å². The second kappa shape index (κ2) is 11.3. The van der Waals surface area contributed by atoms with Gasteiger partial charge in [-0.3, -0.25) is 4.79 Å². The van der Waals surface area contributed by atoms with Crippen LogP contribution in [0, 0.1) is 22.7 Å². The quantitative estimate of drug-likeness (QED) is 0.460. The molecule has 0 aliphatic heterocycles. The Balaban J connectivity index is 1.77. The zero-order valence-electron chi connectivity index (χ0n) is 15.6. The first-order chi connectivity index (χ1) is 13.7. The number of hydrogen-bond donors (Lipinski definition) is 3. The van der Waals surface area contributed by atoms with Crippen LogP contribution in [0.5, 0.6) is 0 Å². The van der Waals surface area contributed by atoms with Crippen LogP contribution < -0.4 is 16.4 Å². The van der Waals surface area contributed by atoms with Crippen LogP contribution in [-0.4, -0.2) is 25.5 Å². The van der Waals surface area contributed by atoms with Crippen molar-refractivity contribution in [1.82, 2.24) is 10.6 Å². The molecule has 0 fully saturated rings. The molecule has 0 aliphatic rings. The molecule has 6 nitrogen and oxygen atoms in total. The lowest BCUT2D eigenvalue weighted by Gasteiger charge is -2.09. The summed E-state index contributed by atoms with van der Waals surface area (Å²) < 4.78 is 0. The Hall–Kier alpha value is -3.45. The molecule has 0 spiro atoms. The van der Waals surface area contributed by atoms with E-state index in [0.29, 0.717) is 25.2 Å². The molecule has 1 amide bonds. The molecule has 0 atom stereocenters. The van der Waals surface area contributed by atoms with E-state index >= 15 is 0 Å². The summed E-state index contributed by atoms with van der Waals surface area (Å²) in [6.45, 7) is 2.33. The summed E-state index contributed by atoms with van der Waals surface area (Å²) in [7, 11) is 0. The molecule has 0 heterocycles. The molecular formula is C22H23N5O. The van der Waals surface area contributed by atoms with Crippen LogP contribution >= 0.6 is 0 Å². The van der Waals surface area contributed by atoms with Gasteiger partial charge in [0.2, 0.25) is 0 Å². The predicted molar refractivity (Wildman–Crippen MR) is 109 cm³/mol. The summed E-state index contributed by atoms with van der Waals surface area (Å²) >= 11 is 0. The number of carbonyl (C=O) groups is 1. The fourth-order valence-corrected chi connectivity index (χ4v) is 2.69. The molecule has 2 rings (SSSR count). The van der Waals surface area contributed by atoms with E-state index in [1.807, 2.05) is 48.5 Å². The number of nitrogens with zero attached hydrogens (tertiary/aromatic N) is 2. The molecule has 142 valence electrons. The number of allylic oxidation sites excluding steroid dienone is 1. The number of nitrogens with two attached hydrogens (primary N) is 1. The highest BCUT2D eigenvalue weighted by Crippen LogP contribution is 2.15. The SMILES string of the molecule is N#CC(C#N)=Cc1ccc(CCNCCNC(=O)c2ccccc2)cc1CN. The Morgan fingerprint density at radius 1 is 1.04 bits per heavy atom.